The van der Waals surface area contributed by atoms with E-state index in [1.54, 1.807) is 12.3 Å². The van der Waals surface area contributed by atoms with Crippen LogP contribution in [0.4, 0.5) is 14.9 Å². The summed E-state index contributed by atoms with van der Waals surface area (Å²) in [5, 5.41) is 5.26. The summed E-state index contributed by atoms with van der Waals surface area (Å²) >= 11 is 8.96. The minimum atomic E-state index is -0.570. The number of amides is 3. The molecule has 30 heavy (non-hydrogen) atoms. The number of anilines is 1. The number of methoxy groups -OCH3 is 1. The molecule has 1 N–H and O–H groups in total. The van der Waals surface area contributed by atoms with Crippen molar-refractivity contribution in [2.24, 2.45) is 0 Å². The van der Waals surface area contributed by atoms with Crippen LogP contribution in [0, 0.1) is 5.82 Å². The van der Waals surface area contributed by atoms with Crippen LogP contribution in [0.1, 0.15) is 5.56 Å². The van der Waals surface area contributed by atoms with Gasteiger partial charge in [-0.15, -0.1) is 23.1 Å². The van der Waals surface area contributed by atoms with E-state index in [2.05, 4.69) is 10.3 Å². The molecular weight excluding hydrogens is 449 g/mol. The SMILES string of the molecule is COc1cc(C2=CC3NC(=O)N(c4cncc5ccsc45)C(=O)C3S2)c(Cl)cc1F. The fraction of sp³-hybridized carbons (Fsp3) is 0.150. The number of nitrogens with one attached hydrogen (secondary N) is 1. The molecule has 3 aromatic rings. The first-order valence-electron chi connectivity index (χ1n) is 8.85. The molecule has 1 aromatic carbocycles. The van der Waals surface area contributed by atoms with E-state index in [9.17, 15) is 14.0 Å². The predicted octanol–water partition coefficient (Wildman–Crippen LogP) is 4.68. The molecule has 0 radical (unpaired) electrons. The zero-order valence-corrected chi connectivity index (χ0v) is 17.8. The van der Waals surface area contributed by atoms with Gasteiger partial charge in [-0.25, -0.2) is 14.1 Å². The number of carbonyl (C=O) groups is 2. The summed E-state index contributed by atoms with van der Waals surface area (Å²) in [4.78, 5) is 32.1. The Bertz CT molecular complexity index is 1250. The summed E-state index contributed by atoms with van der Waals surface area (Å²) in [5.74, 6) is -0.856. The largest absolute Gasteiger partial charge is 0.494 e. The molecule has 3 amide bonds. The average Bonchev–Trinajstić information content (AvgIpc) is 3.35. The van der Waals surface area contributed by atoms with Crippen LogP contribution >= 0.6 is 34.7 Å². The van der Waals surface area contributed by atoms with Crippen LogP contribution in [-0.2, 0) is 4.79 Å². The van der Waals surface area contributed by atoms with Gasteiger partial charge in [0.1, 0.15) is 5.25 Å². The fourth-order valence-electron chi connectivity index (χ4n) is 3.55. The first-order valence-corrected chi connectivity index (χ1v) is 11.0. The number of hydrogen-bond donors (Lipinski definition) is 1. The Morgan fingerprint density at radius 1 is 1.30 bits per heavy atom. The molecule has 152 valence electrons. The number of benzene rings is 1. The van der Waals surface area contributed by atoms with Gasteiger partial charge in [-0.05, 0) is 29.7 Å². The molecule has 4 heterocycles. The molecule has 2 unspecified atom stereocenters. The van der Waals surface area contributed by atoms with Crippen molar-refractivity contribution in [2.75, 3.05) is 12.0 Å². The van der Waals surface area contributed by atoms with Crippen molar-refractivity contribution in [1.29, 1.82) is 0 Å². The molecular formula is C20H13ClFN3O3S2. The summed E-state index contributed by atoms with van der Waals surface area (Å²) < 4.78 is 19.8. The van der Waals surface area contributed by atoms with E-state index >= 15 is 0 Å². The third-order valence-corrected chi connectivity index (χ3v) is 7.58. The van der Waals surface area contributed by atoms with Gasteiger partial charge in [0.05, 0.1) is 34.8 Å². The van der Waals surface area contributed by atoms with Crippen LogP contribution in [0.5, 0.6) is 5.75 Å². The molecule has 5 rings (SSSR count). The van der Waals surface area contributed by atoms with Crippen LogP contribution in [0.25, 0.3) is 15.0 Å². The number of ether oxygens (including phenoxy) is 1. The third kappa shape index (κ3) is 2.96. The molecule has 2 aromatic heterocycles. The Balaban J connectivity index is 1.50. The van der Waals surface area contributed by atoms with E-state index in [1.165, 1.54) is 48.5 Å². The Morgan fingerprint density at radius 3 is 2.93 bits per heavy atom. The van der Waals surface area contributed by atoms with Crippen LogP contribution in [0.15, 0.2) is 42.0 Å². The molecule has 1 fully saturated rings. The van der Waals surface area contributed by atoms with E-state index in [4.69, 9.17) is 16.3 Å². The number of halogens is 2. The van der Waals surface area contributed by atoms with Crippen LogP contribution in [-0.4, -0.2) is 35.3 Å². The molecule has 0 saturated carbocycles. The number of thioether (sulfide) groups is 1. The zero-order valence-electron chi connectivity index (χ0n) is 15.4. The topological polar surface area (TPSA) is 71.5 Å². The minimum Gasteiger partial charge on any atom is -0.494 e. The molecule has 2 aliphatic heterocycles. The number of thiophene rings is 1. The number of urea groups is 1. The Kier molecular flexibility index (Phi) is 4.68. The lowest BCUT2D eigenvalue weighted by Gasteiger charge is -2.33. The summed E-state index contributed by atoms with van der Waals surface area (Å²) in [6.07, 6.45) is 4.98. The smallest absolute Gasteiger partial charge is 0.329 e. The highest BCUT2D eigenvalue weighted by atomic mass is 35.5. The summed E-state index contributed by atoms with van der Waals surface area (Å²) in [6.45, 7) is 0. The number of nitrogens with zero attached hydrogens (tertiary/aromatic N) is 2. The number of imide groups is 1. The van der Waals surface area contributed by atoms with Crippen LogP contribution in [0.2, 0.25) is 5.02 Å². The maximum Gasteiger partial charge on any atom is 0.329 e. The van der Waals surface area contributed by atoms with E-state index in [0.29, 0.717) is 16.2 Å². The fourth-order valence-corrected chi connectivity index (χ4v) is 6.02. The van der Waals surface area contributed by atoms with Gasteiger partial charge in [0.2, 0.25) is 0 Å². The average molecular weight is 462 g/mol. The number of rotatable bonds is 3. The number of carbonyl (C=O) groups excluding carboxylic acids is 2. The maximum atomic E-state index is 13.9. The molecule has 10 heteroatoms. The molecule has 2 aliphatic rings. The lowest BCUT2D eigenvalue weighted by atomic mass is 10.1. The Morgan fingerprint density at radius 2 is 2.13 bits per heavy atom. The van der Waals surface area contributed by atoms with Gasteiger partial charge in [-0.2, -0.15) is 0 Å². The number of hydrogen-bond acceptors (Lipinski definition) is 6. The van der Waals surface area contributed by atoms with Gasteiger partial charge in [-0.3, -0.25) is 9.78 Å². The highest BCUT2D eigenvalue weighted by Gasteiger charge is 2.46. The lowest BCUT2D eigenvalue weighted by molar-refractivity contribution is -0.118. The van der Waals surface area contributed by atoms with Gasteiger partial charge in [0.25, 0.3) is 5.91 Å². The highest BCUT2D eigenvalue weighted by Crippen LogP contribution is 2.46. The van der Waals surface area contributed by atoms with Gasteiger partial charge in [-0.1, -0.05) is 11.6 Å². The Labute approximate surface area is 183 Å². The standard InChI is InChI=1S/C20H13ClFN3O3S2/c1-28-15-4-10(11(21)5-12(15)22)16-6-13-18(30-16)19(26)25(20(27)24-13)14-8-23-7-9-2-3-29-17(9)14/h2-8,13,18H,1H3,(H,24,27). The molecule has 2 atom stereocenters. The molecule has 1 saturated heterocycles. The summed E-state index contributed by atoms with van der Waals surface area (Å²) in [7, 11) is 1.37. The predicted molar refractivity (Wildman–Crippen MR) is 117 cm³/mol. The molecule has 0 aliphatic carbocycles. The van der Waals surface area contributed by atoms with Crippen molar-refractivity contribution in [3.05, 3.63) is 58.5 Å². The van der Waals surface area contributed by atoms with Gasteiger partial charge >= 0.3 is 6.03 Å². The monoisotopic (exact) mass is 461 g/mol. The second-order valence-electron chi connectivity index (χ2n) is 6.68. The first kappa shape index (κ1) is 19.3. The van der Waals surface area contributed by atoms with Crippen molar-refractivity contribution in [2.45, 2.75) is 11.3 Å². The van der Waals surface area contributed by atoms with Gasteiger partial charge in [0, 0.05) is 22.1 Å². The summed E-state index contributed by atoms with van der Waals surface area (Å²) in [6, 6.07) is 3.55. The van der Waals surface area contributed by atoms with Crippen molar-refractivity contribution in [1.82, 2.24) is 10.3 Å². The molecule has 0 spiro atoms. The second kappa shape index (κ2) is 7.26. The van der Waals surface area contributed by atoms with E-state index in [0.717, 1.165) is 15.0 Å². The van der Waals surface area contributed by atoms with E-state index < -0.39 is 23.1 Å². The number of pyridine rings is 1. The number of aromatic nitrogens is 1. The summed E-state index contributed by atoms with van der Waals surface area (Å²) in [5.41, 5.74) is 1.00. The van der Waals surface area contributed by atoms with Crippen LogP contribution < -0.4 is 15.0 Å². The van der Waals surface area contributed by atoms with Crippen molar-refractivity contribution >= 4 is 67.3 Å². The minimum absolute atomic E-state index is 0.0539. The Hall–Kier alpha value is -2.62. The normalized spacial score (nSPS) is 20.9. The number of fused-ring (bicyclic) bond motifs is 2. The second-order valence-corrected chi connectivity index (χ2v) is 9.19. The molecule has 6 nitrogen and oxygen atoms in total. The maximum absolute atomic E-state index is 13.9. The van der Waals surface area contributed by atoms with E-state index in [1.807, 2.05) is 11.4 Å². The van der Waals surface area contributed by atoms with Crippen molar-refractivity contribution in [3.63, 3.8) is 0 Å². The zero-order chi connectivity index (χ0) is 21.0. The van der Waals surface area contributed by atoms with Gasteiger partial charge < -0.3 is 10.1 Å². The van der Waals surface area contributed by atoms with Crippen LogP contribution in [0.3, 0.4) is 0 Å². The molecule has 0 bridgehead atoms. The third-order valence-electron chi connectivity index (χ3n) is 4.95. The highest BCUT2D eigenvalue weighted by molar-refractivity contribution is 8.09. The first-order chi connectivity index (χ1) is 14.5. The van der Waals surface area contributed by atoms with Crippen molar-refractivity contribution in [3.8, 4) is 5.75 Å². The van der Waals surface area contributed by atoms with Gasteiger partial charge in [0.15, 0.2) is 11.6 Å². The quantitative estimate of drug-likeness (QED) is 0.613. The van der Waals surface area contributed by atoms with Crippen molar-refractivity contribution < 1.29 is 18.7 Å². The van der Waals surface area contributed by atoms with E-state index in [-0.39, 0.29) is 16.7 Å². The lowest BCUT2D eigenvalue weighted by Crippen LogP contribution is -2.60.